The molecule has 0 heterocycles. The molecule has 0 aromatic heterocycles. The van der Waals surface area contributed by atoms with Crippen molar-refractivity contribution in [3.63, 3.8) is 0 Å². The Kier molecular flexibility index (Phi) is 3.99. The molecule has 0 atom stereocenters. The Hall–Kier alpha value is -1.50. The van der Waals surface area contributed by atoms with Gasteiger partial charge in [-0.1, -0.05) is 36.4 Å². The first kappa shape index (κ1) is 10.6. The van der Waals surface area contributed by atoms with E-state index in [1.165, 1.54) is 5.56 Å². The molecule has 1 aromatic carbocycles. The number of allylic oxidation sites excluding steroid dienone is 2. The third-order valence-electron chi connectivity index (χ3n) is 1.95. The minimum absolute atomic E-state index is 0.692. The molecule has 0 saturated carbocycles. The summed E-state index contributed by atoms with van der Waals surface area (Å²) in [6.07, 6.45) is 3.57. The standard InChI is InChI=1S/C13H16O/c1-4-14-10-9-12(3)13-7-5-11(2)6-8-13/h5-10H,3-4H2,1-2H3/b10-9+. The first-order chi connectivity index (χ1) is 6.74. The van der Waals surface area contributed by atoms with Gasteiger partial charge in [-0.3, -0.25) is 0 Å². The normalized spacial score (nSPS) is 10.4. The highest BCUT2D eigenvalue weighted by Gasteiger charge is 1.93. The second-order valence-electron chi connectivity index (χ2n) is 3.15. The largest absolute Gasteiger partial charge is 0.501 e. The van der Waals surface area contributed by atoms with Crippen LogP contribution in [0.1, 0.15) is 18.1 Å². The Morgan fingerprint density at radius 1 is 1.36 bits per heavy atom. The summed E-state index contributed by atoms with van der Waals surface area (Å²) in [6, 6.07) is 8.28. The molecule has 0 aliphatic rings. The number of rotatable bonds is 4. The Labute approximate surface area is 85.7 Å². The van der Waals surface area contributed by atoms with E-state index in [4.69, 9.17) is 4.74 Å². The number of benzene rings is 1. The van der Waals surface area contributed by atoms with Gasteiger partial charge in [0.15, 0.2) is 0 Å². The summed E-state index contributed by atoms with van der Waals surface area (Å²) >= 11 is 0. The molecule has 0 aliphatic carbocycles. The molecule has 1 aromatic rings. The molecule has 0 radical (unpaired) electrons. The maximum absolute atomic E-state index is 5.11. The van der Waals surface area contributed by atoms with Crippen molar-refractivity contribution in [3.8, 4) is 0 Å². The van der Waals surface area contributed by atoms with Crippen molar-refractivity contribution in [2.45, 2.75) is 13.8 Å². The highest BCUT2D eigenvalue weighted by molar-refractivity contribution is 5.71. The summed E-state index contributed by atoms with van der Waals surface area (Å²) < 4.78 is 5.11. The van der Waals surface area contributed by atoms with Crippen molar-refractivity contribution in [3.05, 3.63) is 54.3 Å². The van der Waals surface area contributed by atoms with Crippen LogP contribution in [-0.2, 0) is 4.74 Å². The van der Waals surface area contributed by atoms with Crippen molar-refractivity contribution in [1.82, 2.24) is 0 Å². The Morgan fingerprint density at radius 3 is 2.57 bits per heavy atom. The van der Waals surface area contributed by atoms with Crippen molar-refractivity contribution >= 4 is 5.57 Å². The van der Waals surface area contributed by atoms with E-state index in [9.17, 15) is 0 Å². The lowest BCUT2D eigenvalue weighted by atomic mass is 10.1. The van der Waals surface area contributed by atoms with Gasteiger partial charge in [0.1, 0.15) is 0 Å². The van der Waals surface area contributed by atoms with Crippen LogP contribution in [0.3, 0.4) is 0 Å². The molecule has 14 heavy (non-hydrogen) atoms. The average Bonchev–Trinajstić information content (AvgIpc) is 2.19. The average molecular weight is 188 g/mol. The lowest BCUT2D eigenvalue weighted by Gasteiger charge is -2.01. The van der Waals surface area contributed by atoms with E-state index in [1.807, 2.05) is 13.0 Å². The predicted molar refractivity (Wildman–Crippen MR) is 61.0 cm³/mol. The van der Waals surface area contributed by atoms with Crippen LogP contribution in [-0.4, -0.2) is 6.61 Å². The van der Waals surface area contributed by atoms with Crippen LogP contribution in [0, 0.1) is 6.92 Å². The lowest BCUT2D eigenvalue weighted by Crippen LogP contribution is -1.81. The summed E-state index contributed by atoms with van der Waals surface area (Å²) in [4.78, 5) is 0. The third kappa shape index (κ3) is 3.09. The van der Waals surface area contributed by atoms with Gasteiger partial charge in [-0.15, -0.1) is 0 Å². The molecule has 0 saturated heterocycles. The van der Waals surface area contributed by atoms with E-state index in [0.717, 1.165) is 11.1 Å². The van der Waals surface area contributed by atoms with Crippen LogP contribution in [0.4, 0.5) is 0 Å². The zero-order valence-corrected chi connectivity index (χ0v) is 8.79. The van der Waals surface area contributed by atoms with Gasteiger partial charge in [0.2, 0.25) is 0 Å². The molecule has 1 nitrogen and oxygen atoms in total. The van der Waals surface area contributed by atoms with E-state index in [1.54, 1.807) is 6.26 Å². The van der Waals surface area contributed by atoms with Gasteiger partial charge in [-0.25, -0.2) is 0 Å². The van der Waals surface area contributed by atoms with Crippen LogP contribution in [0.15, 0.2) is 43.2 Å². The maximum Gasteiger partial charge on any atom is 0.0845 e. The molecule has 74 valence electrons. The molecule has 1 heteroatoms. The van der Waals surface area contributed by atoms with Gasteiger partial charge in [0.25, 0.3) is 0 Å². The Bertz CT molecular complexity index is 320. The van der Waals surface area contributed by atoms with E-state index in [0.29, 0.717) is 6.61 Å². The van der Waals surface area contributed by atoms with Crippen molar-refractivity contribution in [2.24, 2.45) is 0 Å². The second kappa shape index (κ2) is 5.28. The smallest absolute Gasteiger partial charge is 0.0845 e. The zero-order chi connectivity index (χ0) is 10.4. The molecule has 0 fully saturated rings. The monoisotopic (exact) mass is 188 g/mol. The van der Waals surface area contributed by atoms with E-state index in [2.05, 4.69) is 37.8 Å². The van der Waals surface area contributed by atoms with Gasteiger partial charge >= 0.3 is 0 Å². The quantitative estimate of drug-likeness (QED) is 0.518. The van der Waals surface area contributed by atoms with Crippen LogP contribution in [0.2, 0.25) is 0 Å². The molecule has 0 N–H and O–H groups in total. The fraction of sp³-hybridized carbons (Fsp3) is 0.231. The minimum atomic E-state index is 0.692. The zero-order valence-electron chi connectivity index (χ0n) is 8.79. The Balaban J connectivity index is 2.65. The number of hydrogen-bond acceptors (Lipinski definition) is 1. The fourth-order valence-electron chi connectivity index (χ4n) is 1.09. The topological polar surface area (TPSA) is 9.23 Å². The van der Waals surface area contributed by atoms with Crippen molar-refractivity contribution < 1.29 is 4.74 Å². The molecule has 0 aliphatic heterocycles. The summed E-state index contributed by atoms with van der Waals surface area (Å²) in [7, 11) is 0. The molecule has 0 spiro atoms. The van der Waals surface area contributed by atoms with E-state index >= 15 is 0 Å². The maximum atomic E-state index is 5.11. The number of hydrogen-bond donors (Lipinski definition) is 0. The molecule has 1 rings (SSSR count). The van der Waals surface area contributed by atoms with Crippen LogP contribution in [0.25, 0.3) is 5.57 Å². The van der Waals surface area contributed by atoms with Gasteiger partial charge in [-0.05, 0) is 31.1 Å². The number of aryl methyl sites for hydroxylation is 1. The van der Waals surface area contributed by atoms with E-state index < -0.39 is 0 Å². The van der Waals surface area contributed by atoms with E-state index in [-0.39, 0.29) is 0 Å². The first-order valence-electron chi connectivity index (χ1n) is 4.78. The first-order valence-corrected chi connectivity index (χ1v) is 4.78. The molecule has 0 unspecified atom stereocenters. The third-order valence-corrected chi connectivity index (χ3v) is 1.95. The molecular formula is C13H16O. The predicted octanol–water partition coefficient (Wildman–Crippen LogP) is 3.56. The van der Waals surface area contributed by atoms with Gasteiger partial charge in [-0.2, -0.15) is 0 Å². The highest BCUT2D eigenvalue weighted by atomic mass is 16.5. The van der Waals surface area contributed by atoms with Crippen LogP contribution < -0.4 is 0 Å². The highest BCUT2D eigenvalue weighted by Crippen LogP contribution is 2.14. The number of ether oxygens (including phenoxy) is 1. The summed E-state index contributed by atoms with van der Waals surface area (Å²) in [6.45, 7) is 8.68. The van der Waals surface area contributed by atoms with Gasteiger partial charge in [0.05, 0.1) is 12.9 Å². The Morgan fingerprint density at radius 2 is 2.00 bits per heavy atom. The summed E-state index contributed by atoms with van der Waals surface area (Å²) in [5, 5.41) is 0. The van der Waals surface area contributed by atoms with Crippen LogP contribution >= 0.6 is 0 Å². The van der Waals surface area contributed by atoms with Gasteiger partial charge < -0.3 is 4.74 Å². The second-order valence-corrected chi connectivity index (χ2v) is 3.15. The van der Waals surface area contributed by atoms with Crippen molar-refractivity contribution in [2.75, 3.05) is 6.61 Å². The van der Waals surface area contributed by atoms with Gasteiger partial charge in [0, 0.05) is 0 Å². The SMILES string of the molecule is C=C(/C=C/OCC)c1ccc(C)cc1. The lowest BCUT2D eigenvalue weighted by molar-refractivity contribution is 0.269. The fourth-order valence-corrected chi connectivity index (χ4v) is 1.09. The van der Waals surface area contributed by atoms with Crippen molar-refractivity contribution in [1.29, 1.82) is 0 Å². The van der Waals surface area contributed by atoms with Crippen LogP contribution in [0.5, 0.6) is 0 Å². The molecule has 0 amide bonds. The summed E-state index contributed by atoms with van der Waals surface area (Å²) in [5.41, 5.74) is 3.36. The molecular weight excluding hydrogens is 172 g/mol. The molecule has 0 bridgehead atoms. The summed E-state index contributed by atoms with van der Waals surface area (Å²) in [5.74, 6) is 0. The minimum Gasteiger partial charge on any atom is -0.501 e.